The second-order valence-electron chi connectivity index (χ2n) is 4.80. The third-order valence-electron chi connectivity index (χ3n) is 3.22. The first kappa shape index (κ1) is 11.9. The van der Waals surface area contributed by atoms with Gasteiger partial charge in [0.05, 0.1) is 17.0 Å². The first-order valence-corrected chi connectivity index (χ1v) is 7.37. The zero-order chi connectivity index (χ0) is 13.5. The Bertz CT molecular complexity index is 757. The van der Waals surface area contributed by atoms with Gasteiger partial charge in [-0.25, -0.2) is 4.98 Å². The molecule has 4 nitrogen and oxygen atoms in total. The monoisotopic (exact) mass is 287 g/mol. The average Bonchev–Trinajstić information content (AvgIpc) is 3.00. The molecule has 1 saturated heterocycles. The maximum Gasteiger partial charge on any atom is 0.154 e. The molecule has 1 aliphatic rings. The number of aryl methyl sites for hydroxylation is 1. The molecule has 1 aliphatic heterocycles. The van der Waals surface area contributed by atoms with E-state index in [1.54, 1.807) is 11.3 Å². The number of aromatic nitrogens is 1. The van der Waals surface area contributed by atoms with E-state index in [-0.39, 0.29) is 6.10 Å². The van der Waals surface area contributed by atoms with Gasteiger partial charge in [0.2, 0.25) is 0 Å². The van der Waals surface area contributed by atoms with Crippen LogP contribution in [0.1, 0.15) is 5.01 Å². The summed E-state index contributed by atoms with van der Waals surface area (Å²) >= 11 is 1.62. The molecule has 0 unspecified atom stereocenters. The lowest BCUT2D eigenvalue weighted by Crippen LogP contribution is -2.03. The van der Waals surface area contributed by atoms with Gasteiger partial charge in [-0.05, 0) is 25.1 Å². The summed E-state index contributed by atoms with van der Waals surface area (Å²) in [6.45, 7) is 3.38. The molecule has 0 spiro atoms. The standard InChI is InChI=1S/C15H13NO3S/c1-9-16-12(8-20-9)15-5-11-13(18-7-10-6-17-10)3-2-4-14(11)19-15/h2-5,8,10H,6-7H2,1H3/t10-/m0/s1. The van der Waals surface area contributed by atoms with E-state index in [4.69, 9.17) is 13.9 Å². The second kappa shape index (κ2) is 4.61. The van der Waals surface area contributed by atoms with Crippen molar-refractivity contribution in [1.29, 1.82) is 0 Å². The van der Waals surface area contributed by atoms with Crippen molar-refractivity contribution in [3.63, 3.8) is 0 Å². The van der Waals surface area contributed by atoms with Gasteiger partial charge < -0.3 is 13.9 Å². The lowest BCUT2D eigenvalue weighted by Gasteiger charge is -2.04. The van der Waals surface area contributed by atoms with Crippen LogP contribution in [0.15, 0.2) is 34.1 Å². The zero-order valence-electron chi connectivity index (χ0n) is 11.0. The summed E-state index contributed by atoms with van der Waals surface area (Å²) in [7, 11) is 0. The number of rotatable bonds is 4. The quantitative estimate of drug-likeness (QED) is 0.687. The fourth-order valence-electron chi connectivity index (χ4n) is 2.11. The van der Waals surface area contributed by atoms with Crippen LogP contribution in [0.25, 0.3) is 22.4 Å². The lowest BCUT2D eigenvalue weighted by atomic mass is 10.2. The van der Waals surface area contributed by atoms with Crippen LogP contribution in [0.3, 0.4) is 0 Å². The first-order valence-electron chi connectivity index (χ1n) is 6.49. The van der Waals surface area contributed by atoms with Crippen LogP contribution in [0.5, 0.6) is 5.75 Å². The summed E-state index contributed by atoms with van der Waals surface area (Å²) in [6, 6.07) is 7.83. The molecule has 20 heavy (non-hydrogen) atoms. The van der Waals surface area contributed by atoms with Gasteiger partial charge in [0.25, 0.3) is 0 Å². The predicted octanol–water partition coefficient (Wildman–Crippen LogP) is 3.64. The van der Waals surface area contributed by atoms with Crippen LogP contribution in [0, 0.1) is 6.92 Å². The maximum atomic E-state index is 5.86. The summed E-state index contributed by atoms with van der Waals surface area (Å²) in [5.74, 6) is 1.61. The van der Waals surface area contributed by atoms with Gasteiger partial charge in [-0.3, -0.25) is 0 Å². The van der Waals surface area contributed by atoms with Crippen molar-refractivity contribution in [3.8, 4) is 17.2 Å². The minimum absolute atomic E-state index is 0.248. The molecule has 3 aromatic rings. The van der Waals surface area contributed by atoms with E-state index in [1.807, 2.05) is 36.6 Å². The summed E-state index contributed by atoms with van der Waals surface area (Å²) in [5, 5.41) is 4.02. The molecule has 0 N–H and O–H groups in total. The molecule has 3 heterocycles. The van der Waals surface area contributed by atoms with Crippen molar-refractivity contribution in [3.05, 3.63) is 34.7 Å². The van der Waals surface area contributed by atoms with Crippen molar-refractivity contribution < 1.29 is 13.9 Å². The van der Waals surface area contributed by atoms with Crippen LogP contribution in [0.2, 0.25) is 0 Å². The summed E-state index contributed by atoms with van der Waals surface area (Å²) in [5.41, 5.74) is 1.69. The van der Waals surface area contributed by atoms with Gasteiger partial charge in [-0.15, -0.1) is 11.3 Å². The van der Waals surface area contributed by atoms with Crippen LogP contribution < -0.4 is 4.74 Å². The number of fused-ring (bicyclic) bond motifs is 1. The van der Waals surface area contributed by atoms with E-state index < -0.39 is 0 Å². The number of furan rings is 1. The highest BCUT2D eigenvalue weighted by atomic mass is 32.1. The van der Waals surface area contributed by atoms with E-state index in [0.717, 1.165) is 39.8 Å². The van der Waals surface area contributed by atoms with Crippen molar-refractivity contribution >= 4 is 22.3 Å². The third kappa shape index (κ3) is 2.19. The third-order valence-corrected chi connectivity index (χ3v) is 3.99. The van der Waals surface area contributed by atoms with Gasteiger partial charge in [0, 0.05) is 5.38 Å². The van der Waals surface area contributed by atoms with Crippen molar-refractivity contribution in [2.45, 2.75) is 13.0 Å². The zero-order valence-corrected chi connectivity index (χ0v) is 11.8. The fraction of sp³-hybridized carbons (Fsp3) is 0.267. The number of epoxide rings is 1. The van der Waals surface area contributed by atoms with Crippen LogP contribution >= 0.6 is 11.3 Å². The number of hydrogen-bond acceptors (Lipinski definition) is 5. The molecule has 2 aromatic heterocycles. The van der Waals surface area contributed by atoms with Crippen molar-refractivity contribution in [2.75, 3.05) is 13.2 Å². The molecule has 5 heteroatoms. The average molecular weight is 287 g/mol. The summed E-state index contributed by atoms with van der Waals surface area (Å²) < 4.78 is 16.8. The van der Waals surface area contributed by atoms with E-state index in [0.29, 0.717) is 6.61 Å². The smallest absolute Gasteiger partial charge is 0.154 e. The molecule has 0 saturated carbocycles. The molecule has 0 aliphatic carbocycles. The van der Waals surface area contributed by atoms with E-state index >= 15 is 0 Å². The Labute approximate surface area is 120 Å². The molecule has 102 valence electrons. The largest absolute Gasteiger partial charge is 0.490 e. The number of hydrogen-bond donors (Lipinski definition) is 0. The minimum atomic E-state index is 0.248. The number of ether oxygens (including phenoxy) is 2. The highest BCUT2D eigenvalue weighted by Crippen LogP contribution is 2.34. The Balaban J connectivity index is 1.72. The molecular formula is C15H13NO3S. The highest BCUT2D eigenvalue weighted by molar-refractivity contribution is 7.09. The molecule has 4 rings (SSSR count). The van der Waals surface area contributed by atoms with E-state index in [1.165, 1.54) is 0 Å². The maximum absolute atomic E-state index is 5.86. The SMILES string of the molecule is Cc1nc(-c2cc3c(OC[C@@H]4CO4)cccc3o2)cs1. The van der Waals surface area contributed by atoms with Gasteiger partial charge in [0.1, 0.15) is 29.7 Å². The minimum Gasteiger partial charge on any atom is -0.490 e. The van der Waals surface area contributed by atoms with Crippen molar-refractivity contribution in [2.24, 2.45) is 0 Å². The van der Waals surface area contributed by atoms with E-state index in [2.05, 4.69) is 4.98 Å². The molecule has 0 amide bonds. The van der Waals surface area contributed by atoms with Crippen molar-refractivity contribution in [1.82, 2.24) is 4.98 Å². The topological polar surface area (TPSA) is 47.8 Å². The molecule has 1 aromatic carbocycles. The van der Waals surface area contributed by atoms with Crippen LogP contribution in [-0.2, 0) is 4.74 Å². The predicted molar refractivity (Wildman–Crippen MR) is 77.3 cm³/mol. The molecule has 1 atom stereocenters. The molecule has 0 bridgehead atoms. The normalized spacial score (nSPS) is 17.6. The van der Waals surface area contributed by atoms with Gasteiger partial charge in [0.15, 0.2) is 5.76 Å². The first-order chi connectivity index (χ1) is 9.79. The Morgan fingerprint density at radius 3 is 3.10 bits per heavy atom. The van der Waals surface area contributed by atoms with E-state index in [9.17, 15) is 0 Å². The second-order valence-corrected chi connectivity index (χ2v) is 5.86. The lowest BCUT2D eigenvalue weighted by molar-refractivity contribution is 0.265. The fourth-order valence-corrected chi connectivity index (χ4v) is 2.71. The molecule has 1 fully saturated rings. The molecule has 0 radical (unpaired) electrons. The summed E-state index contributed by atoms with van der Waals surface area (Å²) in [4.78, 5) is 4.45. The number of thiazole rings is 1. The van der Waals surface area contributed by atoms with Gasteiger partial charge in [-0.1, -0.05) is 6.07 Å². The van der Waals surface area contributed by atoms with Crippen LogP contribution in [-0.4, -0.2) is 24.3 Å². The Hall–Kier alpha value is -1.85. The van der Waals surface area contributed by atoms with Gasteiger partial charge >= 0.3 is 0 Å². The highest BCUT2D eigenvalue weighted by Gasteiger charge is 2.23. The Morgan fingerprint density at radius 2 is 2.35 bits per heavy atom. The van der Waals surface area contributed by atoms with Gasteiger partial charge in [-0.2, -0.15) is 0 Å². The number of nitrogens with zero attached hydrogens (tertiary/aromatic N) is 1. The Kier molecular flexibility index (Phi) is 2.75. The number of benzene rings is 1. The summed E-state index contributed by atoms with van der Waals surface area (Å²) in [6.07, 6.45) is 0.248. The molecular weight excluding hydrogens is 274 g/mol. The Morgan fingerprint density at radius 1 is 1.45 bits per heavy atom. The van der Waals surface area contributed by atoms with Crippen LogP contribution in [0.4, 0.5) is 0 Å².